The molecule has 0 aromatic heterocycles. The number of ether oxygens (including phenoxy) is 2. The minimum absolute atomic E-state index is 0.164. The molecule has 0 saturated heterocycles. The first-order valence-corrected chi connectivity index (χ1v) is 6.69. The molecule has 5 nitrogen and oxygen atoms in total. The molecule has 0 N–H and O–H groups in total. The summed E-state index contributed by atoms with van der Waals surface area (Å²) in [5.74, 6) is 0.138. The quantitative estimate of drug-likeness (QED) is 0.598. The van der Waals surface area contributed by atoms with Gasteiger partial charge in [-0.15, -0.1) is 0 Å². The van der Waals surface area contributed by atoms with Gasteiger partial charge in [0.1, 0.15) is 18.2 Å². The molecule has 0 aliphatic carbocycles. The van der Waals surface area contributed by atoms with E-state index < -0.39 is 4.92 Å². The van der Waals surface area contributed by atoms with Crippen LogP contribution >= 0.6 is 15.9 Å². The van der Waals surface area contributed by atoms with Crippen molar-refractivity contribution in [3.63, 3.8) is 0 Å². The number of hydrogen-bond donors (Lipinski definition) is 0. The summed E-state index contributed by atoms with van der Waals surface area (Å²) in [4.78, 5) is 10.4. The topological polar surface area (TPSA) is 61.6 Å². The molecule has 0 atom stereocenters. The van der Waals surface area contributed by atoms with Gasteiger partial charge >= 0.3 is 5.69 Å². The molecule has 21 heavy (non-hydrogen) atoms. The fourth-order valence-electron chi connectivity index (χ4n) is 1.70. The molecule has 0 spiro atoms. The maximum atomic E-state index is 13.1. The number of methoxy groups -OCH3 is 1. The molecule has 0 saturated carbocycles. The molecule has 2 aromatic rings. The lowest BCUT2D eigenvalue weighted by Gasteiger charge is -2.08. The van der Waals surface area contributed by atoms with Crippen molar-refractivity contribution in [3.05, 3.63) is 62.4 Å². The molecule has 0 aliphatic heterocycles. The van der Waals surface area contributed by atoms with E-state index in [1.165, 1.54) is 25.3 Å². The van der Waals surface area contributed by atoms with Crippen molar-refractivity contribution in [2.24, 2.45) is 0 Å². The summed E-state index contributed by atoms with van der Waals surface area (Å²) < 4.78 is 23.8. The molecule has 2 rings (SSSR count). The predicted octanol–water partition coefficient (Wildman–Crippen LogP) is 4.08. The number of rotatable bonds is 5. The van der Waals surface area contributed by atoms with Gasteiger partial charge in [-0.3, -0.25) is 10.1 Å². The summed E-state index contributed by atoms with van der Waals surface area (Å²) in [6.45, 7) is 0.169. The van der Waals surface area contributed by atoms with Crippen LogP contribution in [0, 0.1) is 15.9 Å². The zero-order valence-electron chi connectivity index (χ0n) is 11.0. The molecule has 0 fully saturated rings. The average molecular weight is 356 g/mol. The van der Waals surface area contributed by atoms with E-state index in [-0.39, 0.29) is 23.9 Å². The third-order valence-corrected chi connectivity index (χ3v) is 3.34. The van der Waals surface area contributed by atoms with Crippen molar-refractivity contribution < 1.29 is 18.8 Å². The highest BCUT2D eigenvalue weighted by atomic mass is 79.9. The van der Waals surface area contributed by atoms with Crippen LogP contribution in [0.1, 0.15) is 5.56 Å². The number of nitrogens with zero attached hydrogens (tertiary/aromatic N) is 1. The van der Waals surface area contributed by atoms with E-state index in [9.17, 15) is 14.5 Å². The van der Waals surface area contributed by atoms with Crippen molar-refractivity contribution >= 4 is 21.6 Å². The second kappa shape index (κ2) is 6.53. The molecule has 0 radical (unpaired) electrons. The Hall–Kier alpha value is -2.15. The van der Waals surface area contributed by atoms with E-state index in [2.05, 4.69) is 15.9 Å². The molecular formula is C14H11BrFNO4. The minimum atomic E-state index is -0.541. The summed E-state index contributed by atoms with van der Waals surface area (Å²) in [7, 11) is 1.36. The molecular weight excluding hydrogens is 345 g/mol. The lowest BCUT2D eigenvalue weighted by atomic mass is 10.2. The second-order valence-corrected chi connectivity index (χ2v) is 4.98. The SMILES string of the molecule is COc1ccc(OCc2ccc(F)c(Br)c2)cc1[N+](=O)[O-]. The standard InChI is InChI=1S/C14H11BrFNO4/c1-20-14-5-3-10(7-13(14)17(18)19)21-8-9-2-4-12(16)11(15)6-9/h2-7H,8H2,1H3. The lowest BCUT2D eigenvalue weighted by molar-refractivity contribution is -0.385. The van der Waals surface area contributed by atoms with E-state index in [0.29, 0.717) is 10.2 Å². The molecule has 0 bridgehead atoms. The molecule has 0 unspecified atom stereocenters. The van der Waals surface area contributed by atoms with Gasteiger partial charge in [0.2, 0.25) is 0 Å². The average Bonchev–Trinajstić information content (AvgIpc) is 2.48. The van der Waals surface area contributed by atoms with Crippen molar-refractivity contribution in [2.45, 2.75) is 6.61 Å². The Morgan fingerprint density at radius 1 is 1.29 bits per heavy atom. The first-order chi connectivity index (χ1) is 10.0. The lowest BCUT2D eigenvalue weighted by Crippen LogP contribution is -1.98. The zero-order chi connectivity index (χ0) is 15.4. The van der Waals surface area contributed by atoms with Crippen LogP contribution < -0.4 is 9.47 Å². The van der Waals surface area contributed by atoms with Gasteiger partial charge in [0, 0.05) is 0 Å². The molecule has 0 amide bonds. The summed E-state index contributed by atoms with van der Waals surface area (Å²) in [6.07, 6.45) is 0. The number of hydrogen-bond acceptors (Lipinski definition) is 4. The highest BCUT2D eigenvalue weighted by molar-refractivity contribution is 9.10. The van der Waals surface area contributed by atoms with Crippen LogP contribution in [0.25, 0.3) is 0 Å². The normalized spacial score (nSPS) is 10.2. The van der Waals surface area contributed by atoms with Crippen LogP contribution in [0.4, 0.5) is 10.1 Å². The Morgan fingerprint density at radius 2 is 2.05 bits per heavy atom. The summed E-state index contributed by atoms with van der Waals surface area (Å²) >= 11 is 3.09. The van der Waals surface area contributed by atoms with Crippen LogP contribution in [0.3, 0.4) is 0 Å². The third-order valence-electron chi connectivity index (χ3n) is 2.74. The third kappa shape index (κ3) is 3.69. The first kappa shape index (κ1) is 15.2. The molecule has 0 heterocycles. The molecule has 110 valence electrons. The van der Waals surface area contributed by atoms with Crippen LogP contribution in [0.5, 0.6) is 11.5 Å². The number of nitro groups is 1. The minimum Gasteiger partial charge on any atom is -0.490 e. The fraction of sp³-hybridized carbons (Fsp3) is 0.143. The Morgan fingerprint density at radius 3 is 2.67 bits per heavy atom. The van der Waals surface area contributed by atoms with Gasteiger partial charge in [0.05, 0.1) is 22.6 Å². The maximum absolute atomic E-state index is 13.1. The van der Waals surface area contributed by atoms with E-state index >= 15 is 0 Å². The molecule has 0 aliphatic rings. The van der Waals surface area contributed by atoms with Gasteiger partial charge in [0.15, 0.2) is 5.75 Å². The van der Waals surface area contributed by atoms with Gasteiger partial charge in [-0.2, -0.15) is 0 Å². The van der Waals surface area contributed by atoms with Gasteiger partial charge in [-0.1, -0.05) is 6.07 Å². The second-order valence-electron chi connectivity index (χ2n) is 4.13. The monoisotopic (exact) mass is 355 g/mol. The van der Waals surface area contributed by atoms with Gasteiger partial charge in [0.25, 0.3) is 0 Å². The summed E-state index contributed by atoms with van der Waals surface area (Å²) in [5, 5.41) is 10.9. The van der Waals surface area contributed by atoms with Crippen LogP contribution in [-0.4, -0.2) is 12.0 Å². The molecule has 2 aromatic carbocycles. The number of halogens is 2. The fourth-order valence-corrected chi connectivity index (χ4v) is 2.12. The Bertz CT molecular complexity index is 678. The van der Waals surface area contributed by atoms with Crippen molar-refractivity contribution in [1.29, 1.82) is 0 Å². The summed E-state index contributed by atoms with van der Waals surface area (Å²) in [5.41, 5.74) is 0.567. The van der Waals surface area contributed by atoms with Crippen LogP contribution in [-0.2, 0) is 6.61 Å². The van der Waals surface area contributed by atoms with E-state index in [1.807, 2.05) is 0 Å². The Balaban J connectivity index is 2.14. The smallest absolute Gasteiger partial charge is 0.314 e. The van der Waals surface area contributed by atoms with Gasteiger partial charge in [-0.25, -0.2) is 4.39 Å². The predicted molar refractivity (Wildman–Crippen MR) is 78.1 cm³/mol. The maximum Gasteiger partial charge on any atom is 0.314 e. The Labute approximate surface area is 128 Å². The van der Waals surface area contributed by atoms with Crippen molar-refractivity contribution in [3.8, 4) is 11.5 Å². The number of nitro benzene ring substituents is 1. The van der Waals surface area contributed by atoms with E-state index in [0.717, 1.165) is 5.56 Å². The van der Waals surface area contributed by atoms with E-state index in [1.54, 1.807) is 18.2 Å². The molecule has 7 heteroatoms. The van der Waals surface area contributed by atoms with E-state index in [4.69, 9.17) is 9.47 Å². The highest BCUT2D eigenvalue weighted by Gasteiger charge is 2.15. The van der Waals surface area contributed by atoms with Crippen LogP contribution in [0.15, 0.2) is 40.9 Å². The van der Waals surface area contributed by atoms with Crippen LogP contribution in [0.2, 0.25) is 0 Å². The zero-order valence-corrected chi connectivity index (χ0v) is 12.6. The largest absolute Gasteiger partial charge is 0.490 e. The summed E-state index contributed by atoms with van der Waals surface area (Å²) in [6, 6.07) is 8.82. The Kier molecular flexibility index (Phi) is 4.74. The highest BCUT2D eigenvalue weighted by Crippen LogP contribution is 2.31. The van der Waals surface area contributed by atoms with Crippen molar-refractivity contribution in [2.75, 3.05) is 7.11 Å². The van der Waals surface area contributed by atoms with Gasteiger partial charge in [-0.05, 0) is 45.8 Å². The first-order valence-electron chi connectivity index (χ1n) is 5.90. The number of benzene rings is 2. The van der Waals surface area contributed by atoms with Gasteiger partial charge < -0.3 is 9.47 Å². The van der Waals surface area contributed by atoms with Crippen molar-refractivity contribution in [1.82, 2.24) is 0 Å².